The van der Waals surface area contributed by atoms with Gasteiger partial charge in [-0.3, -0.25) is 4.79 Å². The SMILES string of the molecule is COc1ccc(Oc2cc(-c3ccccc3)cc(C(CC(C)C)C(=O)O)c2C(F)(F)F)cc1. The first-order valence-corrected chi connectivity index (χ1v) is 10.5. The molecule has 0 radical (unpaired) electrons. The van der Waals surface area contributed by atoms with E-state index in [1.807, 2.05) is 0 Å². The van der Waals surface area contributed by atoms with Crippen LogP contribution in [-0.4, -0.2) is 18.2 Å². The number of carboxylic acid groups (broad SMARTS) is 1. The number of carbonyl (C=O) groups is 1. The van der Waals surface area contributed by atoms with Gasteiger partial charge in [-0.05, 0) is 65.4 Å². The third-order valence-electron chi connectivity index (χ3n) is 5.19. The van der Waals surface area contributed by atoms with Gasteiger partial charge in [-0.1, -0.05) is 44.2 Å². The third kappa shape index (κ3) is 5.86. The summed E-state index contributed by atoms with van der Waals surface area (Å²) < 4.78 is 53.8. The van der Waals surface area contributed by atoms with E-state index in [2.05, 4.69) is 0 Å². The van der Waals surface area contributed by atoms with Crippen LogP contribution in [0, 0.1) is 5.92 Å². The number of halogens is 3. The highest BCUT2D eigenvalue weighted by Crippen LogP contribution is 2.46. The molecule has 0 aliphatic carbocycles. The van der Waals surface area contributed by atoms with Crippen LogP contribution in [0.1, 0.15) is 37.3 Å². The van der Waals surface area contributed by atoms with Crippen LogP contribution in [0.25, 0.3) is 11.1 Å². The molecule has 3 rings (SSSR count). The van der Waals surface area contributed by atoms with Crippen molar-refractivity contribution in [3.8, 4) is 28.4 Å². The molecule has 0 bridgehead atoms. The number of benzene rings is 3. The average molecular weight is 458 g/mol. The van der Waals surface area contributed by atoms with E-state index < -0.39 is 29.4 Å². The summed E-state index contributed by atoms with van der Waals surface area (Å²) in [6.45, 7) is 3.55. The van der Waals surface area contributed by atoms with Crippen molar-refractivity contribution in [1.29, 1.82) is 0 Å². The van der Waals surface area contributed by atoms with Crippen molar-refractivity contribution in [2.75, 3.05) is 7.11 Å². The molecule has 1 N–H and O–H groups in total. The van der Waals surface area contributed by atoms with Crippen LogP contribution in [0.5, 0.6) is 17.2 Å². The number of hydrogen-bond donors (Lipinski definition) is 1. The number of hydrogen-bond acceptors (Lipinski definition) is 3. The normalized spacial score (nSPS) is 12.5. The van der Waals surface area contributed by atoms with Gasteiger partial charge in [0, 0.05) is 0 Å². The maximum absolute atomic E-state index is 14.3. The van der Waals surface area contributed by atoms with Gasteiger partial charge in [-0.25, -0.2) is 0 Å². The lowest BCUT2D eigenvalue weighted by Crippen LogP contribution is -2.20. The molecule has 174 valence electrons. The summed E-state index contributed by atoms with van der Waals surface area (Å²) in [5, 5.41) is 9.84. The molecule has 33 heavy (non-hydrogen) atoms. The topological polar surface area (TPSA) is 55.8 Å². The Kier molecular flexibility index (Phi) is 7.31. The zero-order valence-electron chi connectivity index (χ0n) is 18.5. The quantitative estimate of drug-likeness (QED) is 0.382. The molecule has 0 saturated heterocycles. The van der Waals surface area contributed by atoms with Gasteiger partial charge in [-0.15, -0.1) is 0 Å². The molecule has 1 atom stereocenters. The van der Waals surface area contributed by atoms with E-state index in [1.165, 1.54) is 31.4 Å². The molecule has 0 aliphatic rings. The Hall–Kier alpha value is -3.48. The predicted octanol–water partition coefficient (Wildman–Crippen LogP) is 7.39. The molecule has 0 aliphatic heterocycles. The molecule has 7 heteroatoms. The van der Waals surface area contributed by atoms with Crippen LogP contribution >= 0.6 is 0 Å². The van der Waals surface area contributed by atoms with E-state index in [4.69, 9.17) is 9.47 Å². The first-order chi connectivity index (χ1) is 15.6. The summed E-state index contributed by atoms with van der Waals surface area (Å²) in [7, 11) is 1.48. The van der Waals surface area contributed by atoms with Crippen LogP contribution in [0.2, 0.25) is 0 Å². The largest absolute Gasteiger partial charge is 0.497 e. The molecule has 0 aromatic heterocycles. The van der Waals surface area contributed by atoms with E-state index >= 15 is 0 Å². The fourth-order valence-corrected chi connectivity index (χ4v) is 3.70. The Bertz CT molecular complexity index is 1090. The Morgan fingerprint density at radius 3 is 2.06 bits per heavy atom. The molecule has 4 nitrogen and oxygen atoms in total. The number of rotatable bonds is 8. The van der Waals surface area contributed by atoms with Gasteiger partial charge in [0.1, 0.15) is 22.8 Å². The summed E-state index contributed by atoms with van der Waals surface area (Å²) in [5.41, 5.74) is -0.294. The summed E-state index contributed by atoms with van der Waals surface area (Å²) in [5.74, 6) is -2.52. The molecular weight excluding hydrogens is 433 g/mol. The van der Waals surface area contributed by atoms with Gasteiger partial charge in [0.05, 0.1) is 13.0 Å². The summed E-state index contributed by atoms with van der Waals surface area (Å²) in [6, 6.07) is 17.6. The minimum absolute atomic E-state index is 0.0542. The molecule has 3 aromatic rings. The monoisotopic (exact) mass is 458 g/mol. The molecular formula is C26H25F3O4. The van der Waals surface area contributed by atoms with E-state index in [0.29, 0.717) is 16.9 Å². The average Bonchev–Trinajstić information content (AvgIpc) is 2.77. The van der Waals surface area contributed by atoms with Gasteiger partial charge in [0.15, 0.2) is 0 Å². The maximum atomic E-state index is 14.3. The van der Waals surface area contributed by atoms with Gasteiger partial charge in [0.2, 0.25) is 0 Å². The Balaban J connectivity index is 2.26. The summed E-state index contributed by atoms with van der Waals surface area (Å²) in [6.07, 6.45) is -4.77. The highest BCUT2D eigenvalue weighted by molar-refractivity contribution is 5.79. The molecule has 0 saturated carbocycles. The minimum Gasteiger partial charge on any atom is -0.497 e. The van der Waals surface area contributed by atoms with Gasteiger partial charge in [0.25, 0.3) is 0 Å². The number of carboxylic acids is 1. The van der Waals surface area contributed by atoms with Crippen molar-refractivity contribution < 1.29 is 32.5 Å². The summed E-state index contributed by atoms with van der Waals surface area (Å²) in [4.78, 5) is 12.1. The number of ether oxygens (including phenoxy) is 2. The smallest absolute Gasteiger partial charge is 0.420 e. The highest BCUT2D eigenvalue weighted by atomic mass is 19.4. The maximum Gasteiger partial charge on any atom is 0.420 e. The van der Waals surface area contributed by atoms with Crippen molar-refractivity contribution in [2.24, 2.45) is 5.92 Å². The van der Waals surface area contributed by atoms with Gasteiger partial charge >= 0.3 is 12.1 Å². The lowest BCUT2D eigenvalue weighted by atomic mass is 9.85. The van der Waals surface area contributed by atoms with Crippen molar-refractivity contribution >= 4 is 5.97 Å². The Morgan fingerprint density at radius 2 is 1.55 bits per heavy atom. The van der Waals surface area contributed by atoms with Crippen molar-refractivity contribution in [3.63, 3.8) is 0 Å². The van der Waals surface area contributed by atoms with E-state index in [9.17, 15) is 23.1 Å². The molecule has 3 aromatic carbocycles. The second-order valence-corrected chi connectivity index (χ2v) is 8.10. The third-order valence-corrected chi connectivity index (χ3v) is 5.19. The number of aliphatic carboxylic acids is 1. The van der Waals surface area contributed by atoms with Crippen molar-refractivity contribution in [1.82, 2.24) is 0 Å². The van der Waals surface area contributed by atoms with Crippen LogP contribution in [0.15, 0.2) is 66.7 Å². The minimum atomic E-state index is -4.82. The highest BCUT2D eigenvalue weighted by Gasteiger charge is 2.41. The standard InChI is InChI=1S/C26H25F3O4/c1-16(2)13-22(25(30)31)21-14-18(17-7-5-4-6-8-17)15-23(24(21)26(27,28)29)33-20-11-9-19(32-3)10-12-20/h4-12,14-16,22H,13H2,1-3H3,(H,30,31). The second-order valence-electron chi connectivity index (χ2n) is 8.10. The van der Waals surface area contributed by atoms with Crippen molar-refractivity contribution in [3.05, 3.63) is 77.9 Å². The lowest BCUT2D eigenvalue weighted by molar-refractivity contribution is -0.142. The number of methoxy groups -OCH3 is 1. The zero-order chi connectivity index (χ0) is 24.2. The molecule has 1 unspecified atom stereocenters. The number of alkyl halides is 3. The van der Waals surface area contributed by atoms with Crippen LogP contribution in [-0.2, 0) is 11.0 Å². The Labute approximate surface area is 190 Å². The molecule has 0 amide bonds. The molecule has 0 heterocycles. The van der Waals surface area contributed by atoms with Crippen LogP contribution < -0.4 is 9.47 Å². The predicted molar refractivity (Wildman–Crippen MR) is 120 cm³/mol. The summed E-state index contributed by atoms with van der Waals surface area (Å²) >= 11 is 0. The van der Waals surface area contributed by atoms with E-state index in [-0.39, 0.29) is 23.7 Å². The molecule has 0 fully saturated rings. The fourth-order valence-electron chi connectivity index (χ4n) is 3.70. The zero-order valence-corrected chi connectivity index (χ0v) is 18.5. The van der Waals surface area contributed by atoms with Crippen LogP contribution in [0.4, 0.5) is 13.2 Å². The van der Waals surface area contributed by atoms with Crippen molar-refractivity contribution in [2.45, 2.75) is 32.4 Å². The van der Waals surface area contributed by atoms with Gasteiger partial charge in [-0.2, -0.15) is 13.2 Å². The first kappa shape index (κ1) is 24.2. The second kappa shape index (κ2) is 9.98. The van der Waals surface area contributed by atoms with E-state index in [1.54, 1.807) is 56.3 Å². The fraction of sp³-hybridized carbons (Fsp3) is 0.269. The molecule has 0 spiro atoms. The first-order valence-electron chi connectivity index (χ1n) is 10.5. The van der Waals surface area contributed by atoms with Gasteiger partial charge < -0.3 is 14.6 Å². The lowest BCUT2D eigenvalue weighted by Gasteiger charge is -2.24. The van der Waals surface area contributed by atoms with E-state index in [0.717, 1.165) is 0 Å². The Morgan fingerprint density at radius 1 is 0.939 bits per heavy atom. The van der Waals surface area contributed by atoms with Crippen LogP contribution in [0.3, 0.4) is 0 Å².